The van der Waals surface area contributed by atoms with Gasteiger partial charge >= 0.3 is 0 Å². The van der Waals surface area contributed by atoms with Crippen LogP contribution >= 0.6 is 0 Å². The Balaban J connectivity index is 2.28. The van der Waals surface area contributed by atoms with Crippen LogP contribution in [0.25, 0.3) is 22.0 Å². The summed E-state index contributed by atoms with van der Waals surface area (Å²) >= 11 is 0. The molecule has 0 aliphatic carbocycles. The number of carbonyl (C=O) groups excluding carboxylic acids is 1. The number of pyridine rings is 1. The van der Waals surface area contributed by atoms with Gasteiger partial charge in [0.05, 0.1) is 5.52 Å². The molecule has 0 amide bonds. The zero-order valence-corrected chi connectivity index (χ0v) is 11.3. The molecule has 3 aromatic rings. The van der Waals surface area contributed by atoms with Gasteiger partial charge in [-0.05, 0) is 28.8 Å². The Bertz CT molecular complexity index is 848. The first-order chi connectivity index (χ1) is 10.3. The summed E-state index contributed by atoms with van der Waals surface area (Å²) in [6.45, 7) is 0. The molecule has 0 saturated carbocycles. The zero-order valence-electron chi connectivity index (χ0n) is 11.3. The lowest BCUT2D eigenvalue weighted by Crippen LogP contribution is -1.92. The van der Waals surface area contributed by atoms with Gasteiger partial charge in [0, 0.05) is 11.8 Å². The second-order valence-electron chi connectivity index (χ2n) is 4.76. The Labute approximate surface area is 122 Å². The average molecular weight is 272 g/mol. The summed E-state index contributed by atoms with van der Waals surface area (Å²) in [7, 11) is 0. The minimum absolute atomic E-state index is 0.356. The molecule has 3 heteroatoms. The van der Waals surface area contributed by atoms with E-state index in [2.05, 4.69) is 11.1 Å². The highest BCUT2D eigenvalue weighted by Crippen LogP contribution is 2.29. The molecular formula is C18H12N2O. The molecular weight excluding hydrogens is 260 g/mol. The number of rotatable bonds is 3. The van der Waals surface area contributed by atoms with Gasteiger partial charge in [-0.25, -0.2) is 4.98 Å². The van der Waals surface area contributed by atoms with Crippen LogP contribution < -0.4 is 0 Å². The maximum Gasteiger partial charge on any atom is 0.141 e. The first-order valence-corrected chi connectivity index (χ1v) is 6.64. The SMILES string of the molecule is N#Cc1cc(-c2ccccc2)c2ccc(CC=O)cc2n1. The van der Waals surface area contributed by atoms with E-state index in [1.807, 2.05) is 48.5 Å². The van der Waals surface area contributed by atoms with Crippen molar-refractivity contribution in [3.8, 4) is 17.2 Å². The molecule has 0 aliphatic heterocycles. The third-order valence-electron chi connectivity index (χ3n) is 3.39. The first kappa shape index (κ1) is 13.0. The summed E-state index contributed by atoms with van der Waals surface area (Å²) in [5, 5.41) is 10.2. The fourth-order valence-corrected chi connectivity index (χ4v) is 2.41. The second-order valence-corrected chi connectivity index (χ2v) is 4.76. The van der Waals surface area contributed by atoms with Crippen molar-refractivity contribution in [2.45, 2.75) is 6.42 Å². The summed E-state index contributed by atoms with van der Waals surface area (Å²) in [6.07, 6.45) is 1.22. The molecule has 3 rings (SSSR count). The number of aromatic nitrogens is 1. The minimum atomic E-state index is 0.356. The minimum Gasteiger partial charge on any atom is -0.303 e. The largest absolute Gasteiger partial charge is 0.303 e. The van der Waals surface area contributed by atoms with Crippen molar-refractivity contribution in [3.63, 3.8) is 0 Å². The van der Waals surface area contributed by atoms with Crippen LogP contribution in [0.15, 0.2) is 54.6 Å². The maximum atomic E-state index is 10.6. The molecule has 0 N–H and O–H groups in total. The number of hydrogen-bond acceptors (Lipinski definition) is 3. The lowest BCUT2D eigenvalue weighted by atomic mass is 9.98. The number of hydrogen-bond donors (Lipinski definition) is 0. The number of aldehydes is 1. The fourth-order valence-electron chi connectivity index (χ4n) is 2.41. The molecule has 100 valence electrons. The van der Waals surface area contributed by atoms with Gasteiger partial charge < -0.3 is 4.79 Å². The summed E-state index contributed by atoms with van der Waals surface area (Å²) < 4.78 is 0. The monoisotopic (exact) mass is 272 g/mol. The van der Waals surface area contributed by atoms with Gasteiger partial charge in [-0.15, -0.1) is 0 Å². The number of nitriles is 1. The molecule has 2 aromatic carbocycles. The number of carbonyl (C=O) groups is 1. The summed E-state index contributed by atoms with van der Waals surface area (Å²) in [6, 6.07) is 19.6. The summed E-state index contributed by atoms with van der Waals surface area (Å²) in [5.41, 5.74) is 4.05. The van der Waals surface area contributed by atoms with E-state index in [4.69, 9.17) is 0 Å². The van der Waals surface area contributed by atoms with Crippen molar-refractivity contribution in [3.05, 3.63) is 65.9 Å². The second kappa shape index (κ2) is 5.56. The van der Waals surface area contributed by atoms with Crippen molar-refractivity contribution in [2.24, 2.45) is 0 Å². The Morgan fingerprint density at radius 3 is 2.62 bits per heavy atom. The van der Waals surface area contributed by atoms with Gasteiger partial charge in [-0.3, -0.25) is 0 Å². The van der Waals surface area contributed by atoms with E-state index in [-0.39, 0.29) is 0 Å². The highest BCUT2D eigenvalue weighted by molar-refractivity contribution is 5.95. The third-order valence-corrected chi connectivity index (χ3v) is 3.39. The van der Waals surface area contributed by atoms with Crippen LogP contribution in [0.4, 0.5) is 0 Å². The molecule has 3 nitrogen and oxygen atoms in total. The van der Waals surface area contributed by atoms with Crippen LogP contribution in [-0.4, -0.2) is 11.3 Å². The van der Waals surface area contributed by atoms with Crippen LogP contribution in [-0.2, 0) is 11.2 Å². The van der Waals surface area contributed by atoms with Gasteiger partial charge in [0.25, 0.3) is 0 Å². The zero-order chi connectivity index (χ0) is 14.7. The van der Waals surface area contributed by atoms with Crippen molar-refractivity contribution < 1.29 is 4.79 Å². The van der Waals surface area contributed by atoms with Crippen LogP contribution in [0.5, 0.6) is 0 Å². The summed E-state index contributed by atoms with van der Waals surface area (Å²) in [4.78, 5) is 15.0. The molecule has 1 aromatic heterocycles. The van der Waals surface area contributed by atoms with Crippen LogP contribution in [0.2, 0.25) is 0 Å². The van der Waals surface area contributed by atoms with Gasteiger partial charge in [-0.2, -0.15) is 5.26 Å². The smallest absolute Gasteiger partial charge is 0.141 e. The van der Waals surface area contributed by atoms with Gasteiger partial charge in [0.1, 0.15) is 18.0 Å². The molecule has 0 fully saturated rings. The van der Waals surface area contributed by atoms with E-state index in [1.165, 1.54) is 0 Å². The Morgan fingerprint density at radius 2 is 1.90 bits per heavy atom. The van der Waals surface area contributed by atoms with Gasteiger partial charge in [0.15, 0.2) is 0 Å². The van der Waals surface area contributed by atoms with Crippen LogP contribution in [0.3, 0.4) is 0 Å². The van der Waals surface area contributed by atoms with E-state index in [0.29, 0.717) is 12.1 Å². The first-order valence-electron chi connectivity index (χ1n) is 6.64. The van der Waals surface area contributed by atoms with Gasteiger partial charge in [-0.1, -0.05) is 42.5 Å². The lowest BCUT2D eigenvalue weighted by Gasteiger charge is -2.08. The third kappa shape index (κ3) is 2.52. The molecule has 0 spiro atoms. The highest BCUT2D eigenvalue weighted by Gasteiger charge is 2.08. The van der Waals surface area contributed by atoms with Crippen molar-refractivity contribution in [1.82, 2.24) is 4.98 Å². The predicted molar refractivity (Wildman–Crippen MR) is 81.7 cm³/mol. The topological polar surface area (TPSA) is 53.8 Å². The lowest BCUT2D eigenvalue weighted by molar-refractivity contribution is -0.107. The van der Waals surface area contributed by atoms with Crippen molar-refractivity contribution >= 4 is 17.2 Å². The molecule has 0 bridgehead atoms. The number of fused-ring (bicyclic) bond motifs is 1. The molecule has 0 aliphatic rings. The van der Waals surface area contributed by atoms with E-state index < -0.39 is 0 Å². The number of benzene rings is 2. The van der Waals surface area contributed by atoms with Crippen molar-refractivity contribution in [2.75, 3.05) is 0 Å². The van der Waals surface area contributed by atoms with E-state index in [9.17, 15) is 10.1 Å². The molecule has 0 atom stereocenters. The van der Waals surface area contributed by atoms with Crippen LogP contribution in [0.1, 0.15) is 11.3 Å². The van der Waals surface area contributed by atoms with Crippen molar-refractivity contribution in [1.29, 1.82) is 5.26 Å². The van der Waals surface area contributed by atoms with Crippen LogP contribution in [0, 0.1) is 11.3 Å². The standard InChI is InChI=1S/C18H12N2O/c19-12-15-11-17(14-4-2-1-3-5-14)16-7-6-13(8-9-21)10-18(16)20-15/h1-7,9-11H,8H2. The van der Waals surface area contributed by atoms with E-state index in [0.717, 1.165) is 33.9 Å². The predicted octanol–water partition coefficient (Wildman–Crippen LogP) is 3.51. The maximum absolute atomic E-state index is 10.6. The van der Waals surface area contributed by atoms with E-state index in [1.54, 1.807) is 6.07 Å². The normalized spacial score (nSPS) is 10.2. The van der Waals surface area contributed by atoms with E-state index >= 15 is 0 Å². The highest BCUT2D eigenvalue weighted by atomic mass is 16.1. The molecule has 1 heterocycles. The molecule has 0 saturated heterocycles. The molecule has 0 radical (unpaired) electrons. The van der Waals surface area contributed by atoms with Gasteiger partial charge in [0.2, 0.25) is 0 Å². The number of nitrogens with zero attached hydrogens (tertiary/aromatic N) is 2. The quantitative estimate of drug-likeness (QED) is 0.685. The molecule has 21 heavy (non-hydrogen) atoms. The fraction of sp³-hybridized carbons (Fsp3) is 0.0556. The Kier molecular flexibility index (Phi) is 3.44. The summed E-state index contributed by atoms with van der Waals surface area (Å²) in [5.74, 6) is 0. The molecule has 0 unspecified atom stereocenters. The Morgan fingerprint density at radius 1 is 1.10 bits per heavy atom. The Hall–Kier alpha value is -2.99. The average Bonchev–Trinajstić information content (AvgIpc) is 2.54.